The third kappa shape index (κ3) is 2.57. The van der Waals surface area contributed by atoms with Gasteiger partial charge in [0.1, 0.15) is 0 Å². The van der Waals surface area contributed by atoms with Crippen LogP contribution in [0.3, 0.4) is 0 Å². The Hall–Kier alpha value is -4.38. The maximum atomic E-state index is 12.8. The van der Waals surface area contributed by atoms with Crippen molar-refractivity contribution in [1.82, 2.24) is 14.1 Å². The highest BCUT2D eigenvalue weighted by atomic mass is 16.2. The summed E-state index contributed by atoms with van der Waals surface area (Å²) in [5.74, 6) is 0. The Labute approximate surface area is 176 Å². The van der Waals surface area contributed by atoms with Crippen molar-refractivity contribution in [1.29, 1.82) is 0 Å². The molecule has 148 valence electrons. The van der Waals surface area contributed by atoms with Crippen LogP contribution in [0.25, 0.3) is 44.1 Å². The van der Waals surface area contributed by atoms with Gasteiger partial charge in [-0.1, -0.05) is 48.5 Å². The minimum Gasteiger partial charge on any atom is -0.309 e. The van der Waals surface area contributed by atoms with Crippen LogP contribution in [-0.4, -0.2) is 14.1 Å². The van der Waals surface area contributed by atoms with Crippen LogP contribution < -0.4 is 11.2 Å². The van der Waals surface area contributed by atoms with Crippen molar-refractivity contribution >= 4 is 32.7 Å². The normalized spacial score (nSPS) is 11.5. The first-order valence-corrected chi connectivity index (χ1v) is 10.1. The van der Waals surface area contributed by atoms with Gasteiger partial charge in [0.05, 0.1) is 27.6 Å². The van der Waals surface area contributed by atoms with Crippen molar-refractivity contribution < 1.29 is 0 Å². The molecule has 0 aliphatic carbocycles. The molecule has 0 radical (unpaired) electrons. The summed E-state index contributed by atoms with van der Waals surface area (Å²) in [7, 11) is 0. The number of hydrogen-bond donors (Lipinski definition) is 1. The van der Waals surface area contributed by atoms with E-state index in [0.29, 0.717) is 16.6 Å². The Bertz CT molecular complexity index is 1720. The summed E-state index contributed by atoms with van der Waals surface area (Å²) in [4.78, 5) is 27.5. The van der Waals surface area contributed by atoms with Crippen molar-refractivity contribution in [2.75, 3.05) is 0 Å². The van der Waals surface area contributed by atoms with Gasteiger partial charge in [-0.25, -0.2) is 4.79 Å². The Morgan fingerprint density at radius 2 is 1.13 bits per heavy atom. The Morgan fingerprint density at radius 3 is 1.90 bits per heavy atom. The van der Waals surface area contributed by atoms with E-state index in [0.717, 1.165) is 27.5 Å². The Morgan fingerprint density at radius 1 is 0.516 bits per heavy atom. The summed E-state index contributed by atoms with van der Waals surface area (Å²) in [5, 5.41) is 2.62. The molecule has 0 spiro atoms. The first kappa shape index (κ1) is 17.5. The SMILES string of the molecule is O=c1[nH]c(=O)n(-c2ccc3c(c2)c2ccccc2n3-c2ccccc2)c2ccccc12. The molecule has 0 unspecified atom stereocenters. The molecular formula is C26H17N3O2. The largest absolute Gasteiger partial charge is 0.333 e. The predicted molar refractivity (Wildman–Crippen MR) is 125 cm³/mol. The lowest BCUT2D eigenvalue weighted by Gasteiger charge is -2.11. The van der Waals surface area contributed by atoms with Gasteiger partial charge >= 0.3 is 5.69 Å². The fraction of sp³-hybridized carbons (Fsp3) is 0. The van der Waals surface area contributed by atoms with Crippen LogP contribution >= 0.6 is 0 Å². The maximum absolute atomic E-state index is 12.8. The van der Waals surface area contributed by atoms with Crippen LogP contribution in [0.15, 0.2) is 107 Å². The van der Waals surface area contributed by atoms with Gasteiger partial charge in [-0.15, -0.1) is 0 Å². The molecule has 5 nitrogen and oxygen atoms in total. The summed E-state index contributed by atoms with van der Waals surface area (Å²) >= 11 is 0. The van der Waals surface area contributed by atoms with Gasteiger partial charge < -0.3 is 4.57 Å². The first-order valence-electron chi connectivity index (χ1n) is 10.1. The highest BCUT2D eigenvalue weighted by Crippen LogP contribution is 2.33. The summed E-state index contributed by atoms with van der Waals surface area (Å²) in [6, 6.07) is 31.6. The number of aromatic nitrogens is 3. The molecule has 5 heteroatoms. The number of fused-ring (bicyclic) bond motifs is 4. The lowest BCUT2D eigenvalue weighted by Crippen LogP contribution is -2.29. The van der Waals surface area contributed by atoms with Gasteiger partial charge in [0.25, 0.3) is 5.56 Å². The monoisotopic (exact) mass is 403 g/mol. The van der Waals surface area contributed by atoms with E-state index in [1.54, 1.807) is 22.8 Å². The predicted octanol–water partition coefficient (Wildman–Crippen LogP) is 4.78. The second kappa shape index (κ2) is 6.57. The van der Waals surface area contributed by atoms with Crippen molar-refractivity contribution in [3.05, 3.63) is 118 Å². The molecule has 0 amide bonds. The quantitative estimate of drug-likeness (QED) is 0.452. The smallest absolute Gasteiger partial charge is 0.309 e. The second-order valence-corrected chi connectivity index (χ2v) is 7.50. The third-order valence-corrected chi connectivity index (χ3v) is 5.74. The van der Waals surface area contributed by atoms with Gasteiger partial charge in [-0.2, -0.15) is 0 Å². The molecule has 0 bridgehead atoms. The third-order valence-electron chi connectivity index (χ3n) is 5.74. The average Bonchev–Trinajstić information content (AvgIpc) is 3.14. The summed E-state index contributed by atoms with van der Waals surface area (Å²) < 4.78 is 3.78. The summed E-state index contributed by atoms with van der Waals surface area (Å²) in [5.41, 5.74) is 3.70. The van der Waals surface area contributed by atoms with E-state index >= 15 is 0 Å². The molecule has 1 N–H and O–H groups in total. The minimum atomic E-state index is -0.449. The summed E-state index contributed by atoms with van der Waals surface area (Å²) in [6.07, 6.45) is 0. The molecule has 6 rings (SSSR count). The number of nitrogens with one attached hydrogen (secondary N) is 1. The molecular weight excluding hydrogens is 386 g/mol. The van der Waals surface area contributed by atoms with Gasteiger partial charge in [0.15, 0.2) is 0 Å². The lowest BCUT2D eigenvalue weighted by atomic mass is 10.1. The van der Waals surface area contributed by atoms with Gasteiger partial charge in [0.2, 0.25) is 0 Å². The maximum Gasteiger partial charge on any atom is 0.333 e. The molecule has 0 saturated heterocycles. The van der Waals surface area contributed by atoms with Crippen molar-refractivity contribution in [2.45, 2.75) is 0 Å². The van der Waals surface area contributed by atoms with Crippen LogP contribution in [0.1, 0.15) is 0 Å². The number of H-pyrrole nitrogens is 1. The Kier molecular flexibility index (Phi) is 3.70. The number of benzene rings is 4. The van der Waals surface area contributed by atoms with E-state index in [1.807, 2.05) is 54.6 Å². The molecule has 31 heavy (non-hydrogen) atoms. The highest BCUT2D eigenvalue weighted by Gasteiger charge is 2.14. The topological polar surface area (TPSA) is 59.8 Å². The van der Waals surface area contributed by atoms with E-state index < -0.39 is 5.69 Å². The molecule has 0 aliphatic heterocycles. The van der Waals surface area contributed by atoms with E-state index in [1.165, 1.54) is 0 Å². The van der Waals surface area contributed by atoms with Crippen LogP contribution in [0.5, 0.6) is 0 Å². The van der Waals surface area contributed by atoms with E-state index in [4.69, 9.17) is 0 Å². The van der Waals surface area contributed by atoms with Crippen molar-refractivity contribution in [2.24, 2.45) is 0 Å². The molecule has 0 fully saturated rings. The molecule has 0 atom stereocenters. The highest BCUT2D eigenvalue weighted by molar-refractivity contribution is 6.10. The van der Waals surface area contributed by atoms with E-state index in [2.05, 4.69) is 33.8 Å². The zero-order chi connectivity index (χ0) is 20.9. The van der Waals surface area contributed by atoms with Crippen LogP contribution in [0, 0.1) is 0 Å². The zero-order valence-electron chi connectivity index (χ0n) is 16.4. The first-order chi connectivity index (χ1) is 15.2. The van der Waals surface area contributed by atoms with Crippen LogP contribution in [0.2, 0.25) is 0 Å². The fourth-order valence-electron chi connectivity index (χ4n) is 4.40. The van der Waals surface area contributed by atoms with E-state index in [9.17, 15) is 9.59 Å². The molecule has 6 aromatic rings. The van der Waals surface area contributed by atoms with Crippen LogP contribution in [-0.2, 0) is 0 Å². The van der Waals surface area contributed by atoms with Crippen molar-refractivity contribution in [3.8, 4) is 11.4 Å². The standard InChI is InChI=1S/C26H17N3O2/c30-25-20-11-5-7-13-23(20)29(26(31)27-25)18-14-15-24-21(16-18)19-10-4-6-12-22(19)28(24)17-8-2-1-3-9-17/h1-16H,(H,27,30,31). The Balaban J connectivity index is 1.72. The van der Waals surface area contributed by atoms with Crippen molar-refractivity contribution in [3.63, 3.8) is 0 Å². The number of nitrogens with zero attached hydrogens (tertiary/aromatic N) is 2. The second-order valence-electron chi connectivity index (χ2n) is 7.50. The number of aromatic amines is 1. The minimum absolute atomic E-state index is 0.376. The molecule has 4 aromatic carbocycles. The summed E-state index contributed by atoms with van der Waals surface area (Å²) in [6.45, 7) is 0. The zero-order valence-corrected chi connectivity index (χ0v) is 16.4. The van der Waals surface area contributed by atoms with Gasteiger partial charge in [-0.3, -0.25) is 14.3 Å². The molecule has 0 saturated carbocycles. The number of hydrogen-bond acceptors (Lipinski definition) is 2. The van der Waals surface area contributed by atoms with E-state index in [-0.39, 0.29) is 5.56 Å². The number of rotatable bonds is 2. The molecule has 0 aliphatic rings. The van der Waals surface area contributed by atoms with Gasteiger partial charge in [-0.05, 0) is 48.5 Å². The molecule has 2 heterocycles. The van der Waals surface area contributed by atoms with Gasteiger partial charge in [0, 0.05) is 16.5 Å². The molecule has 2 aromatic heterocycles. The average molecular weight is 403 g/mol. The number of para-hydroxylation sites is 3. The van der Waals surface area contributed by atoms with Crippen LogP contribution in [0.4, 0.5) is 0 Å². The fourth-order valence-corrected chi connectivity index (χ4v) is 4.40. The lowest BCUT2D eigenvalue weighted by molar-refractivity contribution is 0.944.